The first-order valence-corrected chi connectivity index (χ1v) is 18.7. The zero-order valence-corrected chi connectivity index (χ0v) is 27.4. The molecule has 1 aromatic carbocycles. The number of benzene rings is 1. The SMILES string of the molecule is CC1(C)CCc2c(nc(C3CCCC3)c([C@H](O)c3ccc(C(F)(F)F)cc3)c2[C@@H]2CCC=C2O[Si](C)(C)C(C)(C)C)C1. The Morgan fingerprint density at radius 2 is 1.67 bits per heavy atom. The molecule has 0 amide bonds. The normalized spacial score (nSPS) is 22.2. The fraction of sp³-hybridized carbons (Fsp3) is 0.629. The van der Waals surface area contributed by atoms with Crippen molar-refractivity contribution >= 4 is 8.32 Å². The lowest BCUT2D eigenvalue weighted by molar-refractivity contribution is -0.137. The van der Waals surface area contributed by atoms with Crippen LogP contribution in [0.15, 0.2) is 36.1 Å². The van der Waals surface area contributed by atoms with Crippen molar-refractivity contribution in [3.8, 4) is 0 Å². The molecule has 1 aromatic heterocycles. The molecule has 1 fully saturated rings. The number of rotatable bonds is 6. The average Bonchev–Trinajstić information content (AvgIpc) is 3.58. The van der Waals surface area contributed by atoms with E-state index < -0.39 is 26.2 Å². The molecule has 2 aromatic rings. The summed E-state index contributed by atoms with van der Waals surface area (Å²) in [5, 5.41) is 12.2. The van der Waals surface area contributed by atoms with E-state index in [0.717, 1.165) is 98.2 Å². The second-order valence-corrected chi connectivity index (χ2v) is 19.9. The molecule has 0 aliphatic heterocycles. The highest BCUT2D eigenvalue weighted by Gasteiger charge is 2.43. The number of hydrogen-bond acceptors (Lipinski definition) is 3. The molecule has 3 aliphatic rings. The van der Waals surface area contributed by atoms with Crippen molar-refractivity contribution in [3.63, 3.8) is 0 Å². The summed E-state index contributed by atoms with van der Waals surface area (Å²) in [6.07, 6.45) is 5.68. The lowest BCUT2D eigenvalue weighted by Gasteiger charge is -2.40. The predicted molar refractivity (Wildman–Crippen MR) is 165 cm³/mol. The Hall–Kier alpha value is -2.12. The van der Waals surface area contributed by atoms with E-state index in [4.69, 9.17) is 9.41 Å². The monoisotopic (exact) mass is 599 g/mol. The van der Waals surface area contributed by atoms with Gasteiger partial charge in [0.2, 0.25) is 8.32 Å². The number of nitrogens with zero attached hydrogens (tertiary/aromatic N) is 1. The lowest BCUT2D eigenvalue weighted by atomic mass is 9.71. The van der Waals surface area contributed by atoms with Crippen LogP contribution in [-0.2, 0) is 23.4 Å². The summed E-state index contributed by atoms with van der Waals surface area (Å²) in [5.41, 5.74) is 5.23. The summed E-state index contributed by atoms with van der Waals surface area (Å²) in [7, 11) is -2.13. The van der Waals surface area contributed by atoms with Gasteiger partial charge in [0.15, 0.2) is 0 Å². The molecule has 0 spiro atoms. The van der Waals surface area contributed by atoms with Crippen LogP contribution in [0, 0.1) is 5.41 Å². The average molecular weight is 600 g/mol. The molecule has 7 heteroatoms. The van der Waals surface area contributed by atoms with Crippen molar-refractivity contribution in [2.75, 3.05) is 0 Å². The van der Waals surface area contributed by atoms with Crippen molar-refractivity contribution in [1.82, 2.24) is 4.98 Å². The first kappa shape index (κ1) is 31.3. The van der Waals surface area contributed by atoms with Gasteiger partial charge in [0.25, 0.3) is 0 Å². The van der Waals surface area contributed by atoms with E-state index in [1.807, 2.05) is 0 Å². The van der Waals surface area contributed by atoms with Crippen LogP contribution in [0.2, 0.25) is 18.1 Å². The van der Waals surface area contributed by atoms with Crippen LogP contribution in [0.5, 0.6) is 0 Å². The van der Waals surface area contributed by atoms with Crippen molar-refractivity contribution in [1.29, 1.82) is 0 Å². The maximum Gasteiger partial charge on any atom is 0.416 e. The maximum atomic E-state index is 13.4. The van der Waals surface area contributed by atoms with E-state index in [-0.39, 0.29) is 22.3 Å². The Labute approximate surface area is 251 Å². The molecule has 0 radical (unpaired) electrons. The molecule has 1 N–H and O–H groups in total. The van der Waals surface area contributed by atoms with Crippen LogP contribution in [0.3, 0.4) is 0 Å². The standard InChI is InChI=1S/C35H48F3NO2Si/c1-33(2,3)42(6,7)41-28-14-10-13-26(28)29-25-19-20-34(4,5)21-27(25)39-31(22-11-8-9-12-22)30(29)32(40)23-15-17-24(18-16-23)35(36,37)38/h14-18,22,26,32,40H,8-13,19-21H2,1-7H3/t26-,32-/m1/s1. The summed E-state index contributed by atoms with van der Waals surface area (Å²) in [4.78, 5) is 5.37. The van der Waals surface area contributed by atoms with Gasteiger partial charge in [-0.2, -0.15) is 13.2 Å². The van der Waals surface area contributed by atoms with Crippen LogP contribution < -0.4 is 0 Å². The van der Waals surface area contributed by atoms with Crippen molar-refractivity contribution in [2.45, 2.75) is 135 Å². The minimum Gasteiger partial charge on any atom is -0.546 e. The Kier molecular flexibility index (Phi) is 8.28. The number of aliphatic hydroxyl groups excluding tert-OH is 1. The number of aromatic nitrogens is 1. The van der Waals surface area contributed by atoms with Gasteiger partial charge in [0.05, 0.1) is 17.0 Å². The molecule has 1 heterocycles. The molecular weight excluding hydrogens is 551 g/mol. The minimum absolute atomic E-state index is 0.0105. The highest BCUT2D eigenvalue weighted by molar-refractivity contribution is 6.74. The zero-order valence-electron chi connectivity index (χ0n) is 26.4. The molecule has 230 valence electrons. The Morgan fingerprint density at radius 1 is 1.02 bits per heavy atom. The number of aliphatic hydroxyl groups is 1. The molecule has 3 nitrogen and oxygen atoms in total. The molecule has 0 bridgehead atoms. The van der Waals surface area contributed by atoms with Gasteiger partial charge < -0.3 is 9.53 Å². The van der Waals surface area contributed by atoms with Gasteiger partial charge in [-0.15, -0.1) is 0 Å². The van der Waals surface area contributed by atoms with Crippen LogP contribution >= 0.6 is 0 Å². The molecule has 5 rings (SSSR count). The van der Waals surface area contributed by atoms with Gasteiger partial charge >= 0.3 is 6.18 Å². The Bertz CT molecular complexity index is 1330. The smallest absolute Gasteiger partial charge is 0.416 e. The number of hydrogen-bond donors (Lipinski definition) is 1. The highest BCUT2D eigenvalue weighted by atomic mass is 28.4. The number of fused-ring (bicyclic) bond motifs is 1. The third-order valence-electron chi connectivity index (χ3n) is 10.4. The van der Waals surface area contributed by atoms with E-state index in [0.29, 0.717) is 5.56 Å². The van der Waals surface area contributed by atoms with Gasteiger partial charge in [-0.1, -0.05) is 59.6 Å². The van der Waals surface area contributed by atoms with Gasteiger partial charge in [0, 0.05) is 23.1 Å². The highest BCUT2D eigenvalue weighted by Crippen LogP contribution is 2.51. The van der Waals surface area contributed by atoms with Crippen LogP contribution in [0.25, 0.3) is 0 Å². The van der Waals surface area contributed by atoms with Crippen molar-refractivity contribution < 1.29 is 22.7 Å². The fourth-order valence-electron chi connectivity index (χ4n) is 6.90. The molecular formula is C35H48F3NO2Si. The molecule has 3 aliphatic carbocycles. The van der Waals surface area contributed by atoms with Crippen molar-refractivity contribution in [3.05, 3.63) is 75.3 Å². The van der Waals surface area contributed by atoms with Crippen LogP contribution in [0.4, 0.5) is 13.2 Å². The Balaban J connectivity index is 1.70. The molecule has 0 unspecified atom stereocenters. The molecule has 0 saturated heterocycles. The topological polar surface area (TPSA) is 42.4 Å². The largest absolute Gasteiger partial charge is 0.546 e. The number of halogens is 3. The fourth-order valence-corrected chi connectivity index (χ4v) is 8.02. The first-order valence-electron chi connectivity index (χ1n) is 15.8. The molecule has 1 saturated carbocycles. The zero-order chi connectivity index (χ0) is 30.7. The maximum absolute atomic E-state index is 13.4. The van der Waals surface area contributed by atoms with Gasteiger partial charge in [0.1, 0.15) is 6.10 Å². The van der Waals surface area contributed by atoms with E-state index in [2.05, 4.69) is 53.8 Å². The van der Waals surface area contributed by atoms with Gasteiger partial charge in [-0.25, -0.2) is 0 Å². The minimum atomic E-state index is -4.42. The summed E-state index contributed by atoms with van der Waals surface area (Å²) in [6, 6.07) is 5.05. The Morgan fingerprint density at radius 3 is 2.26 bits per heavy atom. The van der Waals surface area contributed by atoms with E-state index in [1.54, 1.807) is 0 Å². The van der Waals surface area contributed by atoms with Crippen LogP contribution in [-0.4, -0.2) is 18.4 Å². The number of allylic oxidation sites excluding steroid dienone is 2. The van der Waals surface area contributed by atoms with Gasteiger partial charge in [-0.05, 0) is 103 Å². The van der Waals surface area contributed by atoms with Crippen LogP contribution in [0.1, 0.15) is 137 Å². The van der Waals surface area contributed by atoms with Crippen molar-refractivity contribution in [2.24, 2.45) is 5.41 Å². The number of pyridine rings is 1. The summed E-state index contributed by atoms with van der Waals surface area (Å²) in [6.45, 7) is 15.9. The first-order chi connectivity index (χ1) is 19.5. The number of alkyl halides is 3. The van der Waals surface area contributed by atoms with E-state index in [1.165, 1.54) is 17.7 Å². The third kappa shape index (κ3) is 6.10. The second-order valence-electron chi connectivity index (χ2n) is 15.2. The van der Waals surface area contributed by atoms with E-state index in [9.17, 15) is 18.3 Å². The predicted octanol–water partition coefficient (Wildman–Crippen LogP) is 10.1. The quantitative estimate of drug-likeness (QED) is 0.336. The van der Waals surface area contributed by atoms with Gasteiger partial charge in [-0.3, -0.25) is 4.98 Å². The molecule has 42 heavy (non-hydrogen) atoms. The summed E-state index contributed by atoms with van der Waals surface area (Å²) in [5.74, 6) is 1.27. The summed E-state index contributed by atoms with van der Waals surface area (Å²) < 4.78 is 47.2. The third-order valence-corrected chi connectivity index (χ3v) is 14.8. The second kappa shape index (κ2) is 11.1. The molecule has 2 atom stereocenters. The summed E-state index contributed by atoms with van der Waals surface area (Å²) >= 11 is 0. The lowest BCUT2D eigenvalue weighted by Crippen LogP contribution is -2.41. The van der Waals surface area contributed by atoms with E-state index >= 15 is 0 Å².